The Hall–Kier alpha value is -1.91. The Morgan fingerprint density at radius 3 is 2.43 bits per heavy atom. The highest BCUT2D eigenvalue weighted by atomic mass is 16.1. The molecule has 2 N–H and O–H groups in total. The summed E-state index contributed by atoms with van der Waals surface area (Å²) < 4.78 is 0. The maximum Gasteiger partial charge on any atom is 0.247 e. The van der Waals surface area contributed by atoms with Crippen LogP contribution >= 0.6 is 0 Å². The summed E-state index contributed by atoms with van der Waals surface area (Å²) in [4.78, 5) is 16.0. The van der Waals surface area contributed by atoms with E-state index in [9.17, 15) is 4.79 Å². The summed E-state index contributed by atoms with van der Waals surface area (Å²) >= 11 is 0. The van der Waals surface area contributed by atoms with E-state index in [1.165, 1.54) is 5.56 Å². The molecule has 0 aliphatic carbocycles. The van der Waals surface area contributed by atoms with Gasteiger partial charge in [-0.2, -0.15) is 0 Å². The lowest BCUT2D eigenvalue weighted by Crippen LogP contribution is -2.39. The van der Waals surface area contributed by atoms with Gasteiger partial charge in [0, 0.05) is 30.9 Å². The van der Waals surface area contributed by atoms with Crippen molar-refractivity contribution in [2.24, 2.45) is 0 Å². The molecule has 2 atom stereocenters. The lowest BCUT2D eigenvalue weighted by Gasteiger charge is -2.31. The normalized spacial score (nSPS) is 14.1. The van der Waals surface area contributed by atoms with Crippen molar-refractivity contribution in [2.45, 2.75) is 25.6 Å². The van der Waals surface area contributed by atoms with Crippen molar-refractivity contribution < 1.29 is 0 Å². The second-order valence-corrected chi connectivity index (χ2v) is 5.55. The maximum absolute atomic E-state index is 11.1. The molecule has 2 rings (SSSR count). The number of benzene rings is 1. The first-order valence-electron chi connectivity index (χ1n) is 7.20. The van der Waals surface area contributed by atoms with Gasteiger partial charge in [-0.3, -0.25) is 4.79 Å². The summed E-state index contributed by atoms with van der Waals surface area (Å²) in [6.45, 7) is 2.92. The molecule has 2 aromatic rings. The van der Waals surface area contributed by atoms with E-state index in [1.807, 2.05) is 12.1 Å². The summed E-state index contributed by atoms with van der Waals surface area (Å²) in [5.41, 5.74) is 2.30. The molecule has 0 aliphatic heterocycles. The molecule has 0 fully saturated rings. The van der Waals surface area contributed by atoms with Crippen LogP contribution in [0.15, 0.2) is 53.5 Å². The lowest BCUT2D eigenvalue weighted by molar-refractivity contribution is 0.239. The fourth-order valence-electron chi connectivity index (χ4n) is 2.63. The van der Waals surface area contributed by atoms with E-state index >= 15 is 0 Å². The van der Waals surface area contributed by atoms with Gasteiger partial charge in [-0.25, -0.2) is 0 Å². The van der Waals surface area contributed by atoms with Crippen LogP contribution in [0.2, 0.25) is 0 Å². The number of aromatic amines is 1. The zero-order valence-corrected chi connectivity index (χ0v) is 12.8. The molecule has 0 amide bonds. The van der Waals surface area contributed by atoms with Crippen LogP contribution in [0.25, 0.3) is 0 Å². The van der Waals surface area contributed by atoms with Crippen molar-refractivity contribution in [1.29, 1.82) is 0 Å². The van der Waals surface area contributed by atoms with Crippen LogP contribution in [0.1, 0.15) is 24.1 Å². The van der Waals surface area contributed by atoms with Gasteiger partial charge in [0.1, 0.15) is 0 Å². The molecule has 0 aliphatic rings. The van der Waals surface area contributed by atoms with Crippen LogP contribution in [0.3, 0.4) is 0 Å². The van der Waals surface area contributed by atoms with Crippen LogP contribution in [0.5, 0.6) is 0 Å². The predicted octanol–water partition coefficient (Wildman–Crippen LogP) is 2.16. The van der Waals surface area contributed by atoms with Crippen molar-refractivity contribution in [2.75, 3.05) is 14.1 Å². The topological polar surface area (TPSA) is 48.1 Å². The Morgan fingerprint density at radius 1 is 1.14 bits per heavy atom. The molecule has 0 unspecified atom stereocenters. The molecule has 112 valence electrons. The first kappa shape index (κ1) is 15.5. The van der Waals surface area contributed by atoms with E-state index in [0.29, 0.717) is 6.04 Å². The summed E-state index contributed by atoms with van der Waals surface area (Å²) in [5, 5.41) is 3.53. The molecular weight excluding hydrogens is 262 g/mol. The molecule has 0 radical (unpaired) electrons. The average Bonchev–Trinajstić information content (AvgIpc) is 2.47. The Morgan fingerprint density at radius 2 is 1.86 bits per heavy atom. The Bertz CT molecular complexity index is 586. The Balaban J connectivity index is 2.04. The first-order chi connectivity index (χ1) is 10.1. The van der Waals surface area contributed by atoms with Gasteiger partial charge in [0.25, 0.3) is 0 Å². The average molecular weight is 285 g/mol. The number of rotatable bonds is 6. The van der Waals surface area contributed by atoms with Gasteiger partial charge < -0.3 is 15.2 Å². The molecule has 4 heteroatoms. The second kappa shape index (κ2) is 7.20. The minimum absolute atomic E-state index is 0.0674. The largest absolute Gasteiger partial charge is 0.329 e. The minimum atomic E-state index is -0.0674. The van der Waals surface area contributed by atoms with Gasteiger partial charge in [-0.1, -0.05) is 36.4 Å². The van der Waals surface area contributed by atoms with Crippen molar-refractivity contribution in [3.63, 3.8) is 0 Å². The van der Waals surface area contributed by atoms with E-state index in [0.717, 1.165) is 12.1 Å². The lowest BCUT2D eigenvalue weighted by atomic mass is 9.99. The van der Waals surface area contributed by atoms with Gasteiger partial charge >= 0.3 is 0 Å². The minimum Gasteiger partial charge on any atom is -0.329 e. The number of pyridine rings is 1. The Labute approximate surface area is 125 Å². The van der Waals surface area contributed by atoms with Crippen molar-refractivity contribution in [1.82, 2.24) is 15.2 Å². The molecule has 0 bridgehead atoms. The van der Waals surface area contributed by atoms with Gasteiger partial charge in [-0.05, 0) is 32.1 Å². The van der Waals surface area contributed by atoms with E-state index in [-0.39, 0.29) is 11.6 Å². The fourth-order valence-corrected chi connectivity index (χ4v) is 2.63. The molecule has 1 aromatic heterocycles. The quantitative estimate of drug-likeness (QED) is 0.855. The molecule has 0 saturated heterocycles. The fraction of sp³-hybridized carbons (Fsp3) is 0.353. The molecule has 1 heterocycles. The van der Waals surface area contributed by atoms with Gasteiger partial charge in [0.2, 0.25) is 5.56 Å². The number of nitrogens with zero attached hydrogens (tertiary/aromatic N) is 1. The SMILES string of the molecule is C[C@@H](NCc1ccc(=O)[nH]c1)[C@H](c1ccccc1)N(C)C. The maximum atomic E-state index is 11.1. The van der Waals surface area contributed by atoms with Crippen molar-refractivity contribution in [3.8, 4) is 0 Å². The first-order valence-corrected chi connectivity index (χ1v) is 7.20. The zero-order chi connectivity index (χ0) is 15.2. The third-order valence-electron chi connectivity index (χ3n) is 3.65. The van der Waals surface area contributed by atoms with Crippen LogP contribution < -0.4 is 10.9 Å². The van der Waals surface area contributed by atoms with Crippen LogP contribution in [0.4, 0.5) is 0 Å². The van der Waals surface area contributed by atoms with Gasteiger partial charge in [0.05, 0.1) is 0 Å². The third kappa shape index (κ3) is 4.28. The van der Waals surface area contributed by atoms with Gasteiger partial charge in [-0.15, -0.1) is 0 Å². The highest BCUT2D eigenvalue weighted by molar-refractivity contribution is 5.20. The number of nitrogens with one attached hydrogen (secondary N) is 2. The van der Waals surface area contributed by atoms with Crippen molar-refractivity contribution >= 4 is 0 Å². The monoisotopic (exact) mass is 285 g/mol. The molecule has 1 aromatic carbocycles. The van der Waals surface area contributed by atoms with Crippen LogP contribution in [-0.2, 0) is 6.54 Å². The number of hydrogen-bond donors (Lipinski definition) is 2. The van der Waals surface area contributed by atoms with E-state index < -0.39 is 0 Å². The van der Waals surface area contributed by atoms with E-state index in [4.69, 9.17) is 0 Å². The summed E-state index contributed by atoms with van der Waals surface area (Å²) in [6, 6.07) is 14.5. The zero-order valence-electron chi connectivity index (χ0n) is 12.8. The molecular formula is C17H23N3O. The smallest absolute Gasteiger partial charge is 0.247 e. The predicted molar refractivity (Wildman–Crippen MR) is 86.2 cm³/mol. The summed E-state index contributed by atoms with van der Waals surface area (Å²) in [6.07, 6.45) is 1.76. The third-order valence-corrected chi connectivity index (χ3v) is 3.65. The van der Waals surface area contributed by atoms with Gasteiger partial charge in [0.15, 0.2) is 0 Å². The van der Waals surface area contributed by atoms with Crippen LogP contribution in [0, 0.1) is 0 Å². The number of likely N-dealkylation sites (N-methyl/N-ethyl adjacent to an activating group) is 1. The second-order valence-electron chi connectivity index (χ2n) is 5.55. The molecule has 0 saturated carbocycles. The van der Waals surface area contributed by atoms with E-state index in [2.05, 4.69) is 60.5 Å². The summed E-state index contributed by atoms with van der Waals surface area (Å²) in [5.74, 6) is 0. The molecule has 4 nitrogen and oxygen atoms in total. The Kier molecular flexibility index (Phi) is 5.31. The summed E-state index contributed by atoms with van der Waals surface area (Å²) in [7, 11) is 4.19. The van der Waals surface area contributed by atoms with Crippen LogP contribution in [-0.4, -0.2) is 30.0 Å². The molecule has 21 heavy (non-hydrogen) atoms. The highest BCUT2D eigenvalue weighted by Crippen LogP contribution is 2.21. The number of H-pyrrole nitrogens is 1. The standard InChI is InChI=1S/C17H23N3O/c1-13(18-11-14-9-10-16(21)19-12-14)17(20(2)3)15-7-5-4-6-8-15/h4-10,12-13,17-18H,11H2,1-3H3,(H,19,21)/t13-,17-/m1/s1. The number of hydrogen-bond acceptors (Lipinski definition) is 3. The van der Waals surface area contributed by atoms with E-state index in [1.54, 1.807) is 12.3 Å². The number of aromatic nitrogens is 1. The highest BCUT2D eigenvalue weighted by Gasteiger charge is 2.20. The molecule has 0 spiro atoms. The van der Waals surface area contributed by atoms with Crippen molar-refractivity contribution in [3.05, 3.63) is 70.1 Å².